The second-order valence-corrected chi connectivity index (χ2v) is 5.87. The van der Waals surface area contributed by atoms with E-state index < -0.39 is 17.9 Å². The monoisotopic (exact) mass is 361 g/mol. The lowest BCUT2D eigenvalue weighted by atomic mass is 9.94. The number of carbonyl (C=O) groups is 2. The van der Waals surface area contributed by atoms with Crippen LogP contribution in [0.3, 0.4) is 0 Å². The fourth-order valence-electron chi connectivity index (χ4n) is 2.61. The lowest BCUT2D eigenvalue weighted by Gasteiger charge is -2.28. The Labute approximate surface area is 154 Å². The molecule has 0 aromatic heterocycles. The lowest BCUT2D eigenvalue weighted by molar-refractivity contribution is -0.139. The Hall–Kier alpha value is -2.37. The quantitative estimate of drug-likeness (QED) is 0.792. The number of hydrogen-bond acceptors (Lipinski definition) is 3. The normalized spacial score (nSPS) is 12.6. The number of hydrogen-bond donors (Lipinski definition) is 2. The number of halogens is 1. The molecule has 0 fully saturated rings. The van der Waals surface area contributed by atoms with Crippen molar-refractivity contribution >= 4 is 24.2 Å². The van der Waals surface area contributed by atoms with Crippen LogP contribution in [-0.2, 0) is 16.1 Å². The van der Waals surface area contributed by atoms with E-state index in [0.717, 1.165) is 11.1 Å². The van der Waals surface area contributed by atoms with E-state index in [-0.39, 0.29) is 24.9 Å². The number of nitrogens with zero attached hydrogens (tertiary/aromatic N) is 1. The highest BCUT2D eigenvalue weighted by Crippen LogP contribution is 2.22. The van der Waals surface area contributed by atoms with Crippen LogP contribution < -0.4 is 11.5 Å². The third kappa shape index (κ3) is 5.89. The van der Waals surface area contributed by atoms with E-state index in [0.29, 0.717) is 6.54 Å². The Morgan fingerprint density at radius 1 is 1.00 bits per heavy atom. The van der Waals surface area contributed by atoms with Crippen LogP contribution >= 0.6 is 12.4 Å². The number of primary amides is 1. The minimum absolute atomic E-state index is 0. The highest BCUT2D eigenvalue weighted by molar-refractivity contribution is 5.85. The summed E-state index contributed by atoms with van der Waals surface area (Å²) in [6, 6.07) is 18.5. The predicted molar refractivity (Wildman–Crippen MR) is 101 cm³/mol. The van der Waals surface area contributed by atoms with Gasteiger partial charge in [-0.2, -0.15) is 0 Å². The first kappa shape index (κ1) is 20.7. The van der Waals surface area contributed by atoms with Crippen LogP contribution in [0.1, 0.15) is 24.1 Å². The minimum Gasteiger partial charge on any atom is -0.368 e. The van der Waals surface area contributed by atoms with Gasteiger partial charge in [-0.3, -0.25) is 9.59 Å². The zero-order valence-corrected chi connectivity index (χ0v) is 15.0. The molecule has 0 aliphatic rings. The summed E-state index contributed by atoms with van der Waals surface area (Å²) in [5.74, 6) is -1.19. The van der Waals surface area contributed by atoms with Gasteiger partial charge in [0.05, 0.1) is 12.5 Å². The van der Waals surface area contributed by atoms with Gasteiger partial charge in [-0.05, 0) is 11.1 Å². The average molecular weight is 362 g/mol. The van der Waals surface area contributed by atoms with E-state index in [1.165, 1.54) is 4.90 Å². The smallest absolute Gasteiger partial charge is 0.237 e. The van der Waals surface area contributed by atoms with Crippen LogP contribution in [0.5, 0.6) is 0 Å². The van der Waals surface area contributed by atoms with Crippen molar-refractivity contribution in [1.82, 2.24) is 4.90 Å². The molecule has 0 spiro atoms. The van der Waals surface area contributed by atoms with Crippen molar-refractivity contribution in [2.45, 2.75) is 19.5 Å². The maximum Gasteiger partial charge on any atom is 0.237 e. The average Bonchev–Trinajstić information content (AvgIpc) is 2.60. The van der Waals surface area contributed by atoms with Crippen LogP contribution in [0.4, 0.5) is 0 Å². The molecule has 134 valence electrons. The highest BCUT2D eigenvalue weighted by atomic mass is 35.5. The molecule has 6 heteroatoms. The van der Waals surface area contributed by atoms with Crippen molar-refractivity contribution in [2.24, 2.45) is 17.4 Å². The largest absolute Gasteiger partial charge is 0.368 e. The highest BCUT2D eigenvalue weighted by Gasteiger charge is 2.27. The van der Waals surface area contributed by atoms with E-state index in [1.54, 1.807) is 6.92 Å². The fourth-order valence-corrected chi connectivity index (χ4v) is 2.61. The molecule has 0 bridgehead atoms. The molecule has 0 saturated carbocycles. The van der Waals surface area contributed by atoms with E-state index in [1.807, 2.05) is 60.7 Å². The standard InChI is InChI=1S/C19H23N3O2.ClH/c1-14(18(21)16-10-6-3-7-11-16)19(24)22(13-17(20)23)12-15-8-4-2-5-9-15;/h2-11,14,18H,12-13,21H2,1H3,(H2,20,23);1H. The molecule has 0 aliphatic carbocycles. The topological polar surface area (TPSA) is 89.4 Å². The van der Waals surface area contributed by atoms with Crippen molar-refractivity contribution in [3.05, 3.63) is 71.8 Å². The van der Waals surface area contributed by atoms with Gasteiger partial charge in [0.1, 0.15) is 0 Å². The number of amides is 2. The first-order valence-electron chi connectivity index (χ1n) is 7.90. The van der Waals surface area contributed by atoms with Crippen LogP contribution in [-0.4, -0.2) is 23.3 Å². The lowest BCUT2D eigenvalue weighted by Crippen LogP contribution is -2.43. The molecule has 25 heavy (non-hydrogen) atoms. The molecule has 0 radical (unpaired) electrons. The Morgan fingerprint density at radius 2 is 1.52 bits per heavy atom. The maximum absolute atomic E-state index is 12.8. The molecule has 2 atom stereocenters. The van der Waals surface area contributed by atoms with Gasteiger partial charge in [0.25, 0.3) is 0 Å². The van der Waals surface area contributed by atoms with Crippen molar-refractivity contribution in [3.8, 4) is 0 Å². The molecule has 2 amide bonds. The summed E-state index contributed by atoms with van der Waals surface area (Å²) in [5.41, 5.74) is 13.4. The van der Waals surface area contributed by atoms with Crippen LogP contribution in [0.2, 0.25) is 0 Å². The summed E-state index contributed by atoms with van der Waals surface area (Å²) >= 11 is 0. The summed E-state index contributed by atoms with van der Waals surface area (Å²) in [6.07, 6.45) is 0. The Balaban J connectivity index is 0.00000312. The van der Waals surface area contributed by atoms with Gasteiger partial charge in [0.2, 0.25) is 11.8 Å². The van der Waals surface area contributed by atoms with E-state index >= 15 is 0 Å². The molecule has 2 aromatic carbocycles. The fraction of sp³-hybridized carbons (Fsp3) is 0.263. The van der Waals surface area contributed by atoms with E-state index in [4.69, 9.17) is 11.5 Å². The molecule has 0 saturated heterocycles. The molecule has 0 heterocycles. The summed E-state index contributed by atoms with van der Waals surface area (Å²) in [6.45, 7) is 1.98. The van der Waals surface area contributed by atoms with Crippen molar-refractivity contribution in [3.63, 3.8) is 0 Å². The third-order valence-electron chi connectivity index (χ3n) is 3.99. The van der Waals surface area contributed by atoms with Gasteiger partial charge in [0.15, 0.2) is 0 Å². The number of rotatable bonds is 7. The number of benzene rings is 2. The van der Waals surface area contributed by atoms with Gasteiger partial charge in [-0.25, -0.2) is 0 Å². The van der Waals surface area contributed by atoms with Gasteiger partial charge >= 0.3 is 0 Å². The second-order valence-electron chi connectivity index (χ2n) is 5.87. The van der Waals surface area contributed by atoms with Gasteiger partial charge in [-0.15, -0.1) is 12.4 Å². The van der Waals surface area contributed by atoms with E-state index in [9.17, 15) is 9.59 Å². The van der Waals surface area contributed by atoms with E-state index in [2.05, 4.69) is 0 Å². The zero-order chi connectivity index (χ0) is 17.5. The third-order valence-corrected chi connectivity index (χ3v) is 3.99. The van der Waals surface area contributed by atoms with Crippen molar-refractivity contribution < 1.29 is 9.59 Å². The predicted octanol–water partition coefficient (Wildman–Crippen LogP) is 2.26. The van der Waals surface area contributed by atoms with Gasteiger partial charge < -0.3 is 16.4 Å². The van der Waals surface area contributed by atoms with Crippen LogP contribution in [0.15, 0.2) is 60.7 Å². The Kier molecular flexibility index (Phi) is 8.11. The van der Waals surface area contributed by atoms with Gasteiger partial charge in [0, 0.05) is 12.6 Å². The minimum atomic E-state index is -0.542. The molecule has 5 nitrogen and oxygen atoms in total. The van der Waals surface area contributed by atoms with Crippen LogP contribution in [0.25, 0.3) is 0 Å². The summed E-state index contributed by atoms with van der Waals surface area (Å²) in [4.78, 5) is 25.7. The van der Waals surface area contributed by atoms with Crippen LogP contribution in [0, 0.1) is 5.92 Å². The first-order valence-corrected chi connectivity index (χ1v) is 7.90. The molecule has 2 aromatic rings. The summed E-state index contributed by atoms with van der Waals surface area (Å²) in [7, 11) is 0. The van der Waals surface area contributed by atoms with Gasteiger partial charge in [-0.1, -0.05) is 67.6 Å². The Morgan fingerprint density at radius 3 is 2.04 bits per heavy atom. The molecule has 0 aliphatic heterocycles. The van der Waals surface area contributed by atoms with Crippen molar-refractivity contribution in [1.29, 1.82) is 0 Å². The second kappa shape index (κ2) is 9.81. The molecular weight excluding hydrogens is 338 g/mol. The summed E-state index contributed by atoms with van der Waals surface area (Å²) < 4.78 is 0. The summed E-state index contributed by atoms with van der Waals surface area (Å²) in [5, 5.41) is 0. The maximum atomic E-state index is 12.8. The molecular formula is C19H24ClN3O2. The SMILES string of the molecule is CC(C(=O)N(CC(N)=O)Cc1ccccc1)C(N)c1ccccc1.Cl. The molecule has 2 unspecified atom stereocenters. The number of nitrogens with two attached hydrogens (primary N) is 2. The molecule has 2 rings (SSSR count). The first-order chi connectivity index (χ1) is 11.5. The Bertz CT molecular complexity index is 680. The zero-order valence-electron chi connectivity index (χ0n) is 14.2. The van der Waals surface area contributed by atoms with Crippen molar-refractivity contribution in [2.75, 3.05) is 6.54 Å². The molecule has 4 N–H and O–H groups in total. The number of carbonyl (C=O) groups excluding carboxylic acids is 2.